The van der Waals surface area contributed by atoms with Gasteiger partial charge in [0.25, 0.3) is 0 Å². The molecule has 1 fully saturated rings. The number of para-hydroxylation sites is 2. The summed E-state index contributed by atoms with van der Waals surface area (Å²) >= 11 is 0. The summed E-state index contributed by atoms with van der Waals surface area (Å²) in [4.78, 5) is 4.96. The van der Waals surface area contributed by atoms with Gasteiger partial charge >= 0.3 is 0 Å². The Bertz CT molecular complexity index is 1060. The van der Waals surface area contributed by atoms with Crippen molar-refractivity contribution >= 4 is 27.8 Å². The van der Waals surface area contributed by atoms with Crippen LogP contribution in [0.15, 0.2) is 48.5 Å². The molecule has 0 atom stereocenters. The van der Waals surface area contributed by atoms with Gasteiger partial charge in [-0.15, -0.1) is 5.10 Å². The number of nitrogens with one attached hydrogen (secondary N) is 1. The van der Waals surface area contributed by atoms with Crippen LogP contribution in [0.1, 0.15) is 12.8 Å². The standard InChI is InChI=1S/C21H25N7/c1-2-8-18-17(7-1)21(24-22-18)27-15-13-26(14-16-27)11-5-6-12-28-20-10-4-3-9-19(20)23-25-28/h1-4,7-10H,5-6,11-16H2,(H,22,24). The highest BCUT2D eigenvalue weighted by Crippen LogP contribution is 2.24. The fourth-order valence-corrected chi connectivity index (χ4v) is 4.05. The lowest BCUT2D eigenvalue weighted by molar-refractivity contribution is 0.250. The van der Waals surface area contributed by atoms with Crippen LogP contribution in [0.2, 0.25) is 0 Å². The predicted molar refractivity (Wildman–Crippen MR) is 112 cm³/mol. The third kappa shape index (κ3) is 3.33. The number of piperazine rings is 1. The molecule has 7 nitrogen and oxygen atoms in total. The lowest BCUT2D eigenvalue weighted by Crippen LogP contribution is -2.46. The van der Waals surface area contributed by atoms with Crippen molar-refractivity contribution in [1.82, 2.24) is 30.1 Å². The summed E-state index contributed by atoms with van der Waals surface area (Å²) < 4.78 is 2.02. The molecule has 0 amide bonds. The highest BCUT2D eigenvalue weighted by molar-refractivity contribution is 5.90. The predicted octanol–water partition coefficient (Wildman–Crippen LogP) is 2.91. The first-order chi connectivity index (χ1) is 13.9. The number of fused-ring (bicyclic) bond motifs is 2. The Kier molecular flexibility index (Phi) is 4.66. The van der Waals surface area contributed by atoms with Gasteiger partial charge in [0.05, 0.1) is 11.0 Å². The first kappa shape index (κ1) is 17.2. The Labute approximate surface area is 163 Å². The van der Waals surface area contributed by atoms with E-state index in [1.165, 1.54) is 11.8 Å². The van der Waals surface area contributed by atoms with E-state index in [2.05, 4.69) is 54.6 Å². The number of aryl methyl sites for hydroxylation is 1. The SMILES string of the molecule is c1ccc2c(c1)nnn2CCCCN1CCN(c2n[nH]c3ccccc23)CC1. The van der Waals surface area contributed by atoms with Gasteiger partial charge in [0.2, 0.25) is 0 Å². The van der Waals surface area contributed by atoms with Crippen LogP contribution in [0, 0.1) is 0 Å². The summed E-state index contributed by atoms with van der Waals surface area (Å²) in [6, 6.07) is 16.5. The Hall–Kier alpha value is -2.93. The van der Waals surface area contributed by atoms with E-state index >= 15 is 0 Å². The van der Waals surface area contributed by atoms with Crippen molar-refractivity contribution in [3.05, 3.63) is 48.5 Å². The van der Waals surface area contributed by atoms with Crippen LogP contribution in [-0.4, -0.2) is 62.8 Å². The summed E-state index contributed by atoms with van der Waals surface area (Å²) in [6.07, 6.45) is 2.30. The van der Waals surface area contributed by atoms with Crippen molar-refractivity contribution in [2.45, 2.75) is 19.4 Å². The van der Waals surface area contributed by atoms with Crippen LogP contribution in [0.4, 0.5) is 5.82 Å². The Morgan fingerprint density at radius 3 is 2.57 bits per heavy atom. The molecule has 144 valence electrons. The summed E-state index contributed by atoms with van der Waals surface area (Å²) in [7, 11) is 0. The van der Waals surface area contributed by atoms with Gasteiger partial charge in [0, 0.05) is 38.1 Å². The van der Waals surface area contributed by atoms with E-state index in [-0.39, 0.29) is 0 Å². The molecule has 0 saturated carbocycles. The van der Waals surface area contributed by atoms with E-state index in [0.29, 0.717) is 0 Å². The number of rotatable bonds is 6. The fourth-order valence-electron chi connectivity index (χ4n) is 4.05. The summed E-state index contributed by atoms with van der Waals surface area (Å²) in [5.41, 5.74) is 3.22. The van der Waals surface area contributed by atoms with Gasteiger partial charge in [-0.3, -0.25) is 10.00 Å². The van der Waals surface area contributed by atoms with E-state index in [1.54, 1.807) is 0 Å². The minimum absolute atomic E-state index is 0.930. The van der Waals surface area contributed by atoms with Gasteiger partial charge in [0.15, 0.2) is 5.82 Å². The Morgan fingerprint density at radius 2 is 1.64 bits per heavy atom. The van der Waals surface area contributed by atoms with Crippen LogP contribution < -0.4 is 4.90 Å². The van der Waals surface area contributed by atoms with Gasteiger partial charge in [-0.05, 0) is 43.7 Å². The van der Waals surface area contributed by atoms with Crippen molar-refractivity contribution < 1.29 is 0 Å². The molecule has 28 heavy (non-hydrogen) atoms. The molecule has 3 heterocycles. The second-order valence-electron chi connectivity index (χ2n) is 7.43. The number of H-pyrrole nitrogens is 1. The zero-order chi connectivity index (χ0) is 18.8. The van der Waals surface area contributed by atoms with Gasteiger partial charge in [0.1, 0.15) is 5.52 Å². The average molecular weight is 375 g/mol. The third-order valence-electron chi connectivity index (χ3n) is 5.64. The van der Waals surface area contributed by atoms with Crippen LogP contribution >= 0.6 is 0 Å². The molecule has 1 aliphatic heterocycles. The number of nitrogens with zero attached hydrogens (tertiary/aromatic N) is 6. The second-order valence-corrected chi connectivity index (χ2v) is 7.43. The molecule has 1 saturated heterocycles. The van der Waals surface area contributed by atoms with Crippen molar-refractivity contribution in [1.29, 1.82) is 0 Å². The quantitative estimate of drug-likeness (QED) is 0.525. The molecular formula is C21H25N7. The number of hydrogen-bond acceptors (Lipinski definition) is 5. The zero-order valence-corrected chi connectivity index (χ0v) is 16.0. The molecule has 0 aliphatic carbocycles. The molecule has 0 unspecified atom stereocenters. The van der Waals surface area contributed by atoms with Crippen LogP contribution in [0.5, 0.6) is 0 Å². The van der Waals surface area contributed by atoms with E-state index in [9.17, 15) is 0 Å². The highest BCUT2D eigenvalue weighted by Gasteiger charge is 2.20. The molecule has 1 aliphatic rings. The van der Waals surface area contributed by atoms with E-state index in [4.69, 9.17) is 0 Å². The summed E-state index contributed by atoms with van der Waals surface area (Å²) in [5.74, 6) is 1.09. The molecule has 2 aromatic carbocycles. The molecule has 7 heteroatoms. The van der Waals surface area contributed by atoms with E-state index < -0.39 is 0 Å². The maximum absolute atomic E-state index is 4.54. The molecular weight excluding hydrogens is 350 g/mol. The van der Waals surface area contributed by atoms with Gasteiger partial charge in [-0.25, -0.2) is 4.68 Å². The third-order valence-corrected chi connectivity index (χ3v) is 5.64. The topological polar surface area (TPSA) is 65.9 Å². The van der Waals surface area contributed by atoms with E-state index in [1.807, 2.05) is 28.9 Å². The first-order valence-electron chi connectivity index (χ1n) is 10.1. The molecule has 0 spiro atoms. The number of aromatic nitrogens is 5. The number of aromatic amines is 1. The van der Waals surface area contributed by atoms with Crippen molar-refractivity contribution in [3.63, 3.8) is 0 Å². The van der Waals surface area contributed by atoms with Crippen molar-refractivity contribution in [3.8, 4) is 0 Å². The monoisotopic (exact) mass is 375 g/mol. The lowest BCUT2D eigenvalue weighted by atomic mass is 10.2. The molecule has 1 N–H and O–H groups in total. The molecule has 5 rings (SSSR count). The fraction of sp³-hybridized carbons (Fsp3) is 0.381. The molecule has 0 radical (unpaired) electrons. The summed E-state index contributed by atoms with van der Waals surface area (Å²) in [5, 5.41) is 17.4. The average Bonchev–Trinajstić information content (AvgIpc) is 3.36. The van der Waals surface area contributed by atoms with Crippen LogP contribution in [0.3, 0.4) is 0 Å². The Morgan fingerprint density at radius 1 is 0.857 bits per heavy atom. The van der Waals surface area contributed by atoms with E-state index in [0.717, 1.165) is 68.1 Å². The smallest absolute Gasteiger partial charge is 0.158 e. The van der Waals surface area contributed by atoms with Gasteiger partial charge in [-0.2, -0.15) is 5.10 Å². The maximum atomic E-state index is 4.54. The minimum Gasteiger partial charge on any atom is -0.352 e. The van der Waals surface area contributed by atoms with Crippen LogP contribution in [0.25, 0.3) is 21.9 Å². The molecule has 2 aromatic heterocycles. The van der Waals surface area contributed by atoms with Gasteiger partial charge in [-0.1, -0.05) is 29.5 Å². The maximum Gasteiger partial charge on any atom is 0.158 e. The molecule has 0 bridgehead atoms. The van der Waals surface area contributed by atoms with Crippen molar-refractivity contribution in [2.24, 2.45) is 0 Å². The van der Waals surface area contributed by atoms with Crippen molar-refractivity contribution in [2.75, 3.05) is 37.6 Å². The highest BCUT2D eigenvalue weighted by atomic mass is 15.4. The second kappa shape index (κ2) is 7.59. The molecule has 4 aromatic rings. The number of hydrogen-bond donors (Lipinski definition) is 1. The zero-order valence-electron chi connectivity index (χ0n) is 16.0. The van der Waals surface area contributed by atoms with Gasteiger partial charge < -0.3 is 4.90 Å². The van der Waals surface area contributed by atoms with Crippen LogP contribution in [-0.2, 0) is 6.54 Å². The number of benzene rings is 2. The minimum atomic E-state index is 0.930. The number of unbranched alkanes of at least 4 members (excludes halogenated alkanes) is 1. The Balaban J connectivity index is 1.10. The lowest BCUT2D eigenvalue weighted by Gasteiger charge is -2.35. The summed E-state index contributed by atoms with van der Waals surface area (Å²) in [6.45, 7) is 6.31. The first-order valence-corrected chi connectivity index (χ1v) is 10.1. The largest absolute Gasteiger partial charge is 0.352 e. The number of anilines is 1. The normalized spacial score (nSPS) is 15.6.